The van der Waals surface area contributed by atoms with Crippen LogP contribution >= 0.6 is 0 Å². The number of likely N-dealkylation sites (tertiary alicyclic amines) is 1. The third-order valence-electron chi connectivity index (χ3n) is 5.21. The zero-order valence-electron chi connectivity index (χ0n) is 16.4. The minimum atomic E-state index is 0.145. The van der Waals surface area contributed by atoms with E-state index in [2.05, 4.69) is 17.0 Å². The Kier molecular flexibility index (Phi) is 6.35. The first-order valence-electron chi connectivity index (χ1n) is 9.35. The number of hydrogen-bond acceptors (Lipinski definition) is 4. The fraction of sp³-hybridized carbons (Fsp3) is 0.409. The van der Waals surface area contributed by atoms with Crippen LogP contribution in [0.4, 0.5) is 0 Å². The Bertz CT molecular complexity index is 743. The molecule has 5 nitrogen and oxygen atoms in total. The van der Waals surface area contributed by atoms with Gasteiger partial charge < -0.3 is 14.4 Å². The number of nitrogens with zero attached hydrogens (tertiary/aromatic N) is 2. The average Bonchev–Trinajstić information content (AvgIpc) is 3.16. The van der Waals surface area contributed by atoms with Gasteiger partial charge in [-0.25, -0.2) is 0 Å². The Morgan fingerprint density at radius 3 is 2.22 bits per heavy atom. The van der Waals surface area contributed by atoms with Crippen LogP contribution in [0.5, 0.6) is 11.5 Å². The first-order valence-corrected chi connectivity index (χ1v) is 9.35. The molecule has 0 spiro atoms. The number of ether oxygens (including phenoxy) is 2. The Morgan fingerprint density at radius 2 is 1.63 bits per heavy atom. The van der Waals surface area contributed by atoms with Crippen LogP contribution in [-0.2, 0) is 11.3 Å². The molecule has 1 aliphatic rings. The topological polar surface area (TPSA) is 42.0 Å². The van der Waals surface area contributed by atoms with Crippen molar-refractivity contribution in [3.63, 3.8) is 0 Å². The second-order valence-corrected chi connectivity index (χ2v) is 7.00. The summed E-state index contributed by atoms with van der Waals surface area (Å²) in [6.45, 7) is 2.01. The molecule has 1 saturated heterocycles. The van der Waals surface area contributed by atoms with Crippen LogP contribution in [0.15, 0.2) is 48.5 Å². The molecule has 0 bridgehead atoms. The Labute approximate surface area is 161 Å². The highest BCUT2D eigenvalue weighted by Crippen LogP contribution is 2.32. The molecule has 0 radical (unpaired) electrons. The first kappa shape index (κ1) is 19.2. The predicted octanol–water partition coefficient (Wildman–Crippen LogP) is 3.50. The van der Waals surface area contributed by atoms with Crippen LogP contribution in [-0.4, -0.2) is 50.1 Å². The van der Waals surface area contributed by atoms with Crippen LogP contribution in [0.2, 0.25) is 0 Å². The van der Waals surface area contributed by atoms with Gasteiger partial charge in [0.2, 0.25) is 5.91 Å². The predicted molar refractivity (Wildman–Crippen MR) is 106 cm³/mol. The molecule has 0 unspecified atom stereocenters. The molecule has 1 fully saturated rings. The Hall–Kier alpha value is -2.53. The highest BCUT2D eigenvalue weighted by atomic mass is 16.5. The number of rotatable bonds is 7. The fourth-order valence-electron chi connectivity index (χ4n) is 3.61. The van der Waals surface area contributed by atoms with Gasteiger partial charge in [0.05, 0.1) is 20.8 Å². The van der Waals surface area contributed by atoms with Gasteiger partial charge in [-0.05, 0) is 54.8 Å². The molecule has 0 N–H and O–H groups in total. The molecule has 27 heavy (non-hydrogen) atoms. The van der Waals surface area contributed by atoms with E-state index in [9.17, 15) is 4.79 Å². The number of amides is 1. The van der Waals surface area contributed by atoms with E-state index in [1.807, 2.05) is 43.4 Å². The molecule has 2 aromatic rings. The number of carbonyl (C=O) groups excluding carboxylic acids is 1. The van der Waals surface area contributed by atoms with E-state index in [0.717, 1.165) is 36.4 Å². The van der Waals surface area contributed by atoms with Crippen molar-refractivity contribution in [2.24, 2.45) is 0 Å². The summed E-state index contributed by atoms with van der Waals surface area (Å²) in [5.41, 5.74) is 2.35. The molecule has 144 valence electrons. The highest BCUT2D eigenvalue weighted by molar-refractivity contribution is 5.78. The summed E-state index contributed by atoms with van der Waals surface area (Å²) in [5, 5.41) is 0. The highest BCUT2D eigenvalue weighted by Gasteiger charge is 2.28. The van der Waals surface area contributed by atoms with E-state index in [1.165, 1.54) is 5.56 Å². The lowest BCUT2D eigenvalue weighted by Crippen LogP contribution is -2.37. The quantitative estimate of drug-likeness (QED) is 0.750. The second-order valence-electron chi connectivity index (χ2n) is 7.00. The fourth-order valence-corrected chi connectivity index (χ4v) is 3.61. The molecule has 0 saturated carbocycles. The van der Waals surface area contributed by atoms with Gasteiger partial charge in [0.1, 0.15) is 11.5 Å². The number of carbonyl (C=O) groups is 1. The lowest BCUT2D eigenvalue weighted by molar-refractivity contribution is -0.131. The summed E-state index contributed by atoms with van der Waals surface area (Å²) in [6, 6.07) is 16.3. The smallest absolute Gasteiger partial charge is 0.236 e. The van der Waals surface area contributed by atoms with E-state index < -0.39 is 0 Å². The maximum Gasteiger partial charge on any atom is 0.236 e. The molecule has 1 atom stereocenters. The number of likely N-dealkylation sites (N-methyl/N-ethyl adjacent to an activating group) is 1. The van der Waals surface area contributed by atoms with Gasteiger partial charge in [0, 0.05) is 19.6 Å². The molecule has 1 heterocycles. The Balaban J connectivity index is 1.59. The van der Waals surface area contributed by atoms with Crippen LogP contribution in [0.1, 0.15) is 30.0 Å². The monoisotopic (exact) mass is 368 g/mol. The molecule has 0 aliphatic carbocycles. The largest absolute Gasteiger partial charge is 0.497 e. The summed E-state index contributed by atoms with van der Waals surface area (Å²) in [4.78, 5) is 16.8. The minimum Gasteiger partial charge on any atom is -0.497 e. The van der Waals surface area contributed by atoms with E-state index in [0.29, 0.717) is 19.1 Å². The minimum absolute atomic E-state index is 0.145. The number of hydrogen-bond donors (Lipinski definition) is 0. The summed E-state index contributed by atoms with van der Waals surface area (Å²) in [7, 11) is 5.19. The second kappa shape index (κ2) is 8.91. The van der Waals surface area contributed by atoms with Crippen molar-refractivity contribution in [3.05, 3.63) is 59.7 Å². The SMILES string of the molecule is COc1ccc(CN(C)C(=O)CN2CCC[C@@H]2c2ccc(OC)cc2)cc1. The van der Waals surface area contributed by atoms with Crippen molar-refractivity contribution in [3.8, 4) is 11.5 Å². The van der Waals surface area contributed by atoms with Crippen molar-refractivity contribution < 1.29 is 14.3 Å². The molecular weight excluding hydrogens is 340 g/mol. The van der Waals surface area contributed by atoms with Gasteiger partial charge in [-0.3, -0.25) is 9.69 Å². The molecule has 2 aromatic carbocycles. The third kappa shape index (κ3) is 4.80. The molecule has 0 aromatic heterocycles. The normalized spacial score (nSPS) is 16.9. The Morgan fingerprint density at radius 1 is 1.04 bits per heavy atom. The van der Waals surface area contributed by atoms with Crippen molar-refractivity contribution >= 4 is 5.91 Å². The van der Waals surface area contributed by atoms with Gasteiger partial charge in [0.25, 0.3) is 0 Å². The average molecular weight is 368 g/mol. The van der Waals surface area contributed by atoms with Crippen molar-refractivity contribution in [1.82, 2.24) is 9.80 Å². The number of benzene rings is 2. The zero-order valence-corrected chi connectivity index (χ0v) is 16.4. The van der Waals surface area contributed by atoms with Gasteiger partial charge >= 0.3 is 0 Å². The lowest BCUT2D eigenvalue weighted by Gasteiger charge is -2.27. The van der Waals surface area contributed by atoms with Gasteiger partial charge in [0.15, 0.2) is 0 Å². The van der Waals surface area contributed by atoms with E-state index in [-0.39, 0.29) is 5.91 Å². The maximum absolute atomic E-state index is 12.7. The first-order chi connectivity index (χ1) is 13.1. The summed E-state index contributed by atoms with van der Waals surface area (Å²) in [6.07, 6.45) is 2.20. The summed E-state index contributed by atoms with van der Waals surface area (Å²) >= 11 is 0. The maximum atomic E-state index is 12.7. The molecular formula is C22H28N2O3. The van der Waals surface area contributed by atoms with Gasteiger partial charge in [-0.2, -0.15) is 0 Å². The van der Waals surface area contributed by atoms with Crippen molar-refractivity contribution in [2.75, 3.05) is 34.4 Å². The molecule has 1 aliphatic heterocycles. The van der Waals surface area contributed by atoms with Crippen molar-refractivity contribution in [1.29, 1.82) is 0 Å². The zero-order chi connectivity index (χ0) is 19.2. The van der Waals surface area contributed by atoms with E-state index >= 15 is 0 Å². The lowest BCUT2D eigenvalue weighted by atomic mass is 10.0. The van der Waals surface area contributed by atoms with Crippen LogP contribution < -0.4 is 9.47 Å². The van der Waals surface area contributed by atoms with Crippen LogP contribution in [0.3, 0.4) is 0 Å². The van der Waals surface area contributed by atoms with Crippen LogP contribution in [0, 0.1) is 0 Å². The summed E-state index contributed by atoms with van der Waals surface area (Å²) in [5.74, 6) is 1.83. The standard InChI is InChI=1S/C22H28N2O3/c1-23(15-17-6-10-19(26-2)11-7-17)22(25)16-24-14-4-5-21(24)18-8-12-20(27-3)13-9-18/h6-13,21H,4-5,14-16H2,1-3H3/t21-/m1/s1. The van der Waals surface area contributed by atoms with Crippen LogP contribution in [0.25, 0.3) is 0 Å². The third-order valence-corrected chi connectivity index (χ3v) is 5.21. The molecule has 1 amide bonds. The molecule has 3 rings (SSSR count). The van der Waals surface area contributed by atoms with Gasteiger partial charge in [-0.15, -0.1) is 0 Å². The molecule has 5 heteroatoms. The van der Waals surface area contributed by atoms with Crippen molar-refractivity contribution in [2.45, 2.75) is 25.4 Å². The van der Waals surface area contributed by atoms with Gasteiger partial charge in [-0.1, -0.05) is 24.3 Å². The number of methoxy groups -OCH3 is 2. The van der Waals surface area contributed by atoms with E-state index in [1.54, 1.807) is 19.1 Å². The van der Waals surface area contributed by atoms with E-state index in [4.69, 9.17) is 9.47 Å². The summed E-state index contributed by atoms with van der Waals surface area (Å²) < 4.78 is 10.4.